The maximum atomic E-state index is 14.0. The van der Waals surface area contributed by atoms with Gasteiger partial charge in [0.2, 0.25) is 0 Å². The fourth-order valence-corrected chi connectivity index (χ4v) is 3.88. The number of ether oxygens (including phenoxy) is 1. The molecule has 7 heteroatoms. The van der Waals surface area contributed by atoms with Gasteiger partial charge in [0.1, 0.15) is 5.82 Å². The summed E-state index contributed by atoms with van der Waals surface area (Å²) in [6.07, 6.45) is 3.58. The first kappa shape index (κ1) is 20.1. The minimum Gasteiger partial charge on any atom is -0.494 e. The lowest BCUT2D eigenvalue weighted by Crippen LogP contribution is -2.28. The second-order valence-electron chi connectivity index (χ2n) is 7.46. The summed E-state index contributed by atoms with van der Waals surface area (Å²) in [4.78, 5) is 13.0. The van der Waals surface area contributed by atoms with E-state index >= 15 is 0 Å². The van der Waals surface area contributed by atoms with Crippen LogP contribution in [-0.2, 0) is 12.8 Å². The van der Waals surface area contributed by atoms with Crippen LogP contribution in [0.4, 0.5) is 8.78 Å². The molecule has 3 aromatic rings. The third kappa shape index (κ3) is 3.79. The Morgan fingerprint density at radius 3 is 2.57 bits per heavy atom. The molecular weight excluding hydrogens is 388 g/mol. The number of rotatable bonds is 5. The third-order valence-electron chi connectivity index (χ3n) is 5.49. The largest absolute Gasteiger partial charge is 0.494 e. The number of nitrogens with zero attached hydrogens (tertiary/aromatic N) is 2. The van der Waals surface area contributed by atoms with Gasteiger partial charge in [0.05, 0.1) is 18.8 Å². The van der Waals surface area contributed by atoms with Crippen LogP contribution in [0, 0.1) is 11.6 Å². The van der Waals surface area contributed by atoms with Crippen LogP contribution < -0.4 is 10.1 Å². The first-order valence-corrected chi connectivity index (χ1v) is 9.99. The van der Waals surface area contributed by atoms with Crippen molar-refractivity contribution in [1.29, 1.82) is 0 Å². The zero-order valence-corrected chi connectivity index (χ0v) is 16.9. The lowest BCUT2D eigenvalue weighted by atomic mass is 9.95. The topological polar surface area (TPSA) is 56.1 Å². The first-order valence-electron chi connectivity index (χ1n) is 9.99. The molecule has 1 aliphatic rings. The summed E-state index contributed by atoms with van der Waals surface area (Å²) in [7, 11) is 1.41. The van der Waals surface area contributed by atoms with Gasteiger partial charge in [-0.25, -0.2) is 13.5 Å². The molecular formula is C23H23F2N3O2. The van der Waals surface area contributed by atoms with E-state index < -0.39 is 11.9 Å². The Morgan fingerprint density at radius 1 is 1.13 bits per heavy atom. The van der Waals surface area contributed by atoms with E-state index in [-0.39, 0.29) is 17.5 Å². The average molecular weight is 411 g/mol. The second-order valence-corrected chi connectivity index (χ2v) is 7.46. The van der Waals surface area contributed by atoms with E-state index in [2.05, 4.69) is 10.4 Å². The summed E-state index contributed by atoms with van der Waals surface area (Å²) in [6.45, 7) is 1.79. The molecule has 5 nitrogen and oxygen atoms in total. The number of benzene rings is 2. The van der Waals surface area contributed by atoms with E-state index in [0.29, 0.717) is 11.3 Å². The zero-order valence-electron chi connectivity index (χ0n) is 16.9. The predicted octanol–water partition coefficient (Wildman–Crippen LogP) is 4.53. The summed E-state index contributed by atoms with van der Waals surface area (Å²) >= 11 is 0. The number of hydrogen-bond donors (Lipinski definition) is 1. The number of amides is 1. The number of carbonyl (C=O) groups excluding carboxylic acids is 1. The molecule has 0 bridgehead atoms. The van der Waals surface area contributed by atoms with Gasteiger partial charge in [0.15, 0.2) is 17.3 Å². The summed E-state index contributed by atoms with van der Waals surface area (Å²) in [5.74, 6) is -0.950. The monoisotopic (exact) mass is 411 g/mol. The zero-order chi connectivity index (χ0) is 21.3. The Balaban J connectivity index is 1.62. The highest BCUT2D eigenvalue weighted by molar-refractivity contribution is 5.94. The van der Waals surface area contributed by atoms with Crippen molar-refractivity contribution in [1.82, 2.24) is 15.1 Å². The Bertz CT molecular complexity index is 1080. The van der Waals surface area contributed by atoms with Gasteiger partial charge in [-0.1, -0.05) is 6.07 Å². The first-order chi connectivity index (χ1) is 14.5. The molecule has 1 aliphatic carbocycles. The van der Waals surface area contributed by atoms with Gasteiger partial charge in [-0.2, -0.15) is 5.10 Å². The van der Waals surface area contributed by atoms with Gasteiger partial charge in [0, 0.05) is 11.3 Å². The van der Waals surface area contributed by atoms with Crippen LogP contribution in [0.1, 0.15) is 53.1 Å². The van der Waals surface area contributed by atoms with Crippen molar-refractivity contribution in [2.75, 3.05) is 7.11 Å². The van der Waals surface area contributed by atoms with E-state index in [1.54, 1.807) is 35.9 Å². The number of hydrogen-bond acceptors (Lipinski definition) is 3. The van der Waals surface area contributed by atoms with Crippen molar-refractivity contribution in [2.24, 2.45) is 0 Å². The van der Waals surface area contributed by atoms with Gasteiger partial charge in [-0.15, -0.1) is 0 Å². The van der Waals surface area contributed by atoms with Gasteiger partial charge in [-0.05, 0) is 74.6 Å². The minimum absolute atomic E-state index is 0.157. The van der Waals surface area contributed by atoms with E-state index in [1.807, 2.05) is 0 Å². The van der Waals surface area contributed by atoms with Crippen molar-refractivity contribution < 1.29 is 18.3 Å². The predicted molar refractivity (Wildman–Crippen MR) is 109 cm³/mol. The van der Waals surface area contributed by atoms with Gasteiger partial charge in [0.25, 0.3) is 5.91 Å². The number of carbonyl (C=O) groups is 1. The SMILES string of the molecule is COc1ccc([C@H](C)NC(=O)c2nn(-c3ccc(F)cc3)c3c2CCCC3)cc1F. The molecule has 1 N–H and O–H groups in total. The average Bonchev–Trinajstić information content (AvgIpc) is 3.14. The molecule has 0 unspecified atom stereocenters. The number of fused-ring (bicyclic) bond motifs is 1. The highest BCUT2D eigenvalue weighted by Crippen LogP contribution is 2.28. The second kappa shape index (κ2) is 8.26. The van der Waals surface area contributed by atoms with Crippen LogP contribution in [0.5, 0.6) is 5.75 Å². The molecule has 0 fully saturated rings. The third-order valence-corrected chi connectivity index (χ3v) is 5.49. The molecule has 4 rings (SSSR count). The summed E-state index contributed by atoms with van der Waals surface area (Å²) < 4.78 is 34.0. The molecule has 1 amide bonds. The minimum atomic E-state index is -0.478. The van der Waals surface area contributed by atoms with E-state index in [9.17, 15) is 13.6 Å². The van der Waals surface area contributed by atoms with Crippen LogP contribution in [0.25, 0.3) is 5.69 Å². The van der Waals surface area contributed by atoms with Crippen LogP contribution in [0.2, 0.25) is 0 Å². The van der Waals surface area contributed by atoms with E-state index in [4.69, 9.17) is 4.74 Å². The lowest BCUT2D eigenvalue weighted by molar-refractivity contribution is 0.0933. The highest BCUT2D eigenvalue weighted by atomic mass is 19.1. The maximum Gasteiger partial charge on any atom is 0.272 e. The molecule has 156 valence electrons. The van der Waals surface area contributed by atoms with Gasteiger partial charge >= 0.3 is 0 Å². The molecule has 0 radical (unpaired) electrons. The normalized spacial score (nSPS) is 14.1. The van der Waals surface area contributed by atoms with E-state index in [0.717, 1.165) is 42.6 Å². The number of halogens is 2. The highest BCUT2D eigenvalue weighted by Gasteiger charge is 2.26. The van der Waals surface area contributed by atoms with Crippen LogP contribution in [0.3, 0.4) is 0 Å². The van der Waals surface area contributed by atoms with Crippen molar-refractivity contribution in [3.63, 3.8) is 0 Å². The Labute approximate surface area is 173 Å². The molecule has 0 saturated heterocycles. The van der Waals surface area contributed by atoms with Crippen LogP contribution in [-0.4, -0.2) is 22.8 Å². The maximum absolute atomic E-state index is 14.0. The van der Waals surface area contributed by atoms with Crippen LogP contribution >= 0.6 is 0 Å². The molecule has 0 spiro atoms. The molecule has 0 aliphatic heterocycles. The van der Waals surface area contributed by atoms with Gasteiger partial charge < -0.3 is 10.1 Å². The summed E-state index contributed by atoms with van der Waals surface area (Å²) in [5, 5.41) is 7.49. The fourth-order valence-electron chi connectivity index (χ4n) is 3.88. The van der Waals surface area contributed by atoms with Crippen molar-refractivity contribution in [3.05, 3.63) is 76.6 Å². The van der Waals surface area contributed by atoms with Crippen molar-refractivity contribution in [2.45, 2.75) is 38.6 Å². The molecule has 1 atom stereocenters. The standard InChI is InChI=1S/C23H23F2N3O2/c1-14(15-7-12-21(30-2)19(25)13-15)26-23(29)22-18-5-3-4-6-20(18)28(27-22)17-10-8-16(24)9-11-17/h7-14H,3-6H2,1-2H3,(H,26,29)/t14-/m0/s1. The van der Waals surface area contributed by atoms with E-state index in [1.165, 1.54) is 25.3 Å². The van der Waals surface area contributed by atoms with Gasteiger partial charge in [-0.3, -0.25) is 4.79 Å². The molecule has 1 aromatic heterocycles. The Morgan fingerprint density at radius 2 is 1.87 bits per heavy atom. The van der Waals surface area contributed by atoms with Crippen LogP contribution in [0.15, 0.2) is 42.5 Å². The molecule has 2 aromatic carbocycles. The fraction of sp³-hybridized carbons (Fsp3) is 0.304. The summed E-state index contributed by atoms with van der Waals surface area (Å²) in [6, 6.07) is 10.3. The number of nitrogens with one attached hydrogen (secondary N) is 1. The Kier molecular flexibility index (Phi) is 5.53. The number of aromatic nitrogens is 2. The molecule has 0 saturated carbocycles. The number of methoxy groups -OCH3 is 1. The molecule has 30 heavy (non-hydrogen) atoms. The smallest absolute Gasteiger partial charge is 0.272 e. The molecule has 1 heterocycles. The Hall–Kier alpha value is -3.22. The quantitative estimate of drug-likeness (QED) is 0.671. The van der Waals surface area contributed by atoms with Crippen molar-refractivity contribution >= 4 is 5.91 Å². The summed E-state index contributed by atoms with van der Waals surface area (Å²) in [5.41, 5.74) is 3.64. The van der Waals surface area contributed by atoms with Crippen molar-refractivity contribution in [3.8, 4) is 11.4 Å². The lowest BCUT2D eigenvalue weighted by Gasteiger charge is -2.16.